The molecule has 0 radical (unpaired) electrons. The fourth-order valence-electron chi connectivity index (χ4n) is 5.26. The Morgan fingerprint density at radius 3 is 2.40 bits per heavy atom. The van der Waals surface area contributed by atoms with E-state index in [-0.39, 0.29) is 17.4 Å². The summed E-state index contributed by atoms with van der Waals surface area (Å²) in [7, 11) is 0. The first-order valence-electron chi connectivity index (χ1n) is 11.9. The number of carbonyl (C=O) groups excluding carboxylic acids is 1. The minimum Gasteiger partial charge on any atom is -0.398 e. The van der Waals surface area contributed by atoms with Crippen molar-refractivity contribution in [3.05, 3.63) is 89.2 Å². The molecule has 180 valence electrons. The lowest BCUT2D eigenvalue weighted by atomic mass is 9.96. The van der Waals surface area contributed by atoms with Crippen LogP contribution in [0.25, 0.3) is 0 Å². The Morgan fingerprint density at radius 2 is 1.74 bits per heavy atom. The van der Waals surface area contributed by atoms with Crippen LogP contribution >= 0.6 is 0 Å². The maximum Gasteiger partial charge on any atom is 0.253 e. The van der Waals surface area contributed by atoms with E-state index < -0.39 is 12.1 Å². The molecule has 3 heterocycles. The number of anilines is 2. The molecule has 0 aliphatic carbocycles. The summed E-state index contributed by atoms with van der Waals surface area (Å²) < 4.78 is 0. The van der Waals surface area contributed by atoms with Gasteiger partial charge in [-0.25, -0.2) is 0 Å². The summed E-state index contributed by atoms with van der Waals surface area (Å²) in [5.74, 6) is -0.490. The van der Waals surface area contributed by atoms with Crippen LogP contribution in [0.1, 0.15) is 59.1 Å². The first-order valence-corrected chi connectivity index (χ1v) is 11.9. The van der Waals surface area contributed by atoms with Gasteiger partial charge in [-0.1, -0.05) is 18.2 Å². The van der Waals surface area contributed by atoms with Gasteiger partial charge in [0.05, 0.1) is 17.5 Å². The number of rotatable bonds is 6. The fraction of sp³-hybridized carbons (Fsp3) is 0.296. The molecule has 8 nitrogen and oxygen atoms in total. The molecule has 2 aromatic carbocycles. The molecule has 3 aromatic rings. The van der Waals surface area contributed by atoms with Crippen molar-refractivity contribution in [1.82, 2.24) is 10.3 Å². The molecule has 3 atom stereocenters. The van der Waals surface area contributed by atoms with Crippen molar-refractivity contribution in [2.24, 2.45) is 0 Å². The Kier molecular flexibility index (Phi) is 6.23. The van der Waals surface area contributed by atoms with Gasteiger partial charge in [0, 0.05) is 46.3 Å². The van der Waals surface area contributed by atoms with E-state index in [0.717, 1.165) is 31.4 Å². The fourth-order valence-corrected chi connectivity index (χ4v) is 5.26. The highest BCUT2D eigenvalue weighted by molar-refractivity contribution is 6.15. The highest BCUT2D eigenvalue weighted by atomic mass is 16.3. The quantitative estimate of drug-likeness (QED) is 0.213. The summed E-state index contributed by atoms with van der Waals surface area (Å²) in [4.78, 5) is 19.2. The van der Waals surface area contributed by atoms with E-state index in [1.54, 1.807) is 36.4 Å². The van der Waals surface area contributed by atoms with Crippen LogP contribution in [-0.2, 0) is 0 Å². The lowest BCUT2D eigenvalue weighted by molar-refractivity contribution is 0.0774. The number of aliphatic hydroxyl groups excluding tert-OH is 2. The highest BCUT2D eigenvalue weighted by Gasteiger charge is 2.40. The van der Waals surface area contributed by atoms with E-state index in [1.165, 1.54) is 6.20 Å². The normalized spacial score (nSPS) is 22.0. The van der Waals surface area contributed by atoms with Gasteiger partial charge in [-0.2, -0.15) is 0 Å². The molecule has 35 heavy (non-hydrogen) atoms. The number of benzene rings is 2. The molecule has 1 aromatic heterocycles. The number of piperidine rings is 1. The van der Waals surface area contributed by atoms with Crippen LogP contribution in [0.3, 0.4) is 0 Å². The number of nitrogens with two attached hydrogens (primary N) is 1. The summed E-state index contributed by atoms with van der Waals surface area (Å²) >= 11 is 0. The molecule has 2 aliphatic heterocycles. The van der Waals surface area contributed by atoms with Gasteiger partial charge in [-0.3, -0.25) is 15.2 Å². The number of aromatic nitrogens is 1. The number of fused-ring (bicyclic) bond motifs is 2. The molecule has 0 spiro atoms. The van der Waals surface area contributed by atoms with E-state index in [1.807, 2.05) is 24.3 Å². The maximum absolute atomic E-state index is 12.7. The largest absolute Gasteiger partial charge is 0.398 e. The number of hydrogen-bond donors (Lipinski definition) is 5. The van der Waals surface area contributed by atoms with Crippen molar-refractivity contribution in [2.75, 3.05) is 10.6 Å². The third kappa shape index (κ3) is 4.62. The van der Waals surface area contributed by atoms with Crippen molar-refractivity contribution in [3.8, 4) is 0 Å². The van der Waals surface area contributed by atoms with Gasteiger partial charge in [-0.05, 0) is 68.1 Å². The summed E-state index contributed by atoms with van der Waals surface area (Å²) in [5.41, 5.74) is 9.62. The summed E-state index contributed by atoms with van der Waals surface area (Å²) in [6, 6.07) is 18.4. The van der Waals surface area contributed by atoms with Crippen LogP contribution in [0.5, 0.6) is 0 Å². The summed E-state index contributed by atoms with van der Waals surface area (Å²) in [6.45, 7) is 0. The minimum atomic E-state index is -1.25. The number of amides is 1. The van der Waals surface area contributed by atoms with Crippen molar-refractivity contribution < 1.29 is 15.0 Å². The molecule has 2 saturated heterocycles. The van der Waals surface area contributed by atoms with E-state index in [4.69, 9.17) is 11.1 Å². The zero-order chi connectivity index (χ0) is 24.5. The number of carbonyl (C=O) groups is 1. The summed E-state index contributed by atoms with van der Waals surface area (Å²) in [5, 5.41) is 31.6. The van der Waals surface area contributed by atoms with Gasteiger partial charge < -0.3 is 26.2 Å². The van der Waals surface area contributed by atoms with Gasteiger partial charge in [0.1, 0.15) is 0 Å². The van der Waals surface area contributed by atoms with Crippen molar-refractivity contribution in [1.29, 1.82) is 5.41 Å². The monoisotopic (exact) mass is 471 g/mol. The second-order valence-electron chi connectivity index (χ2n) is 9.27. The molecular weight excluding hydrogens is 442 g/mol. The van der Waals surface area contributed by atoms with Gasteiger partial charge in [0.25, 0.3) is 5.91 Å². The smallest absolute Gasteiger partial charge is 0.253 e. The predicted molar refractivity (Wildman–Crippen MR) is 134 cm³/mol. The first kappa shape index (κ1) is 23.0. The van der Waals surface area contributed by atoms with E-state index in [2.05, 4.69) is 15.2 Å². The van der Waals surface area contributed by atoms with Crippen molar-refractivity contribution in [3.63, 3.8) is 0 Å². The molecule has 5 rings (SSSR count). The lowest BCUT2D eigenvalue weighted by Crippen LogP contribution is -2.44. The van der Waals surface area contributed by atoms with E-state index in [0.29, 0.717) is 34.6 Å². The number of nitrogens with one attached hydrogen (secondary N) is 2. The number of nitrogen functional groups attached to an aromatic ring is 1. The van der Waals surface area contributed by atoms with Gasteiger partial charge in [0.15, 0.2) is 6.23 Å². The third-order valence-corrected chi connectivity index (χ3v) is 6.98. The Hall–Kier alpha value is -3.75. The Bertz CT molecular complexity index is 1220. The van der Waals surface area contributed by atoms with Crippen LogP contribution in [0.4, 0.5) is 11.4 Å². The average Bonchev–Trinajstić information content (AvgIpc) is 3.15. The Labute approximate surface area is 203 Å². The van der Waals surface area contributed by atoms with Gasteiger partial charge >= 0.3 is 0 Å². The molecule has 1 amide bonds. The topological polar surface area (TPSA) is 136 Å². The van der Waals surface area contributed by atoms with Crippen LogP contribution in [0.15, 0.2) is 66.9 Å². The van der Waals surface area contributed by atoms with Gasteiger partial charge in [0.2, 0.25) is 0 Å². The van der Waals surface area contributed by atoms with Crippen LogP contribution in [-0.4, -0.2) is 45.0 Å². The Balaban J connectivity index is 1.32. The zero-order valence-electron chi connectivity index (χ0n) is 19.3. The number of aliphatic hydroxyl groups is 2. The van der Waals surface area contributed by atoms with Crippen LogP contribution in [0, 0.1) is 5.41 Å². The zero-order valence-corrected chi connectivity index (χ0v) is 19.3. The lowest BCUT2D eigenvalue weighted by Gasteiger charge is -2.39. The van der Waals surface area contributed by atoms with E-state index in [9.17, 15) is 15.0 Å². The number of pyridine rings is 1. The molecule has 3 unspecified atom stereocenters. The molecule has 8 heteroatoms. The minimum absolute atomic E-state index is 0.214. The molecule has 2 aliphatic rings. The number of nitrogens with zero attached hydrogens (tertiary/aromatic N) is 2. The van der Waals surface area contributed by atoms with Gasteiger partial charge in [-0.15, -0.1) is 0 Å². The number of hydrogen-bond acceptors (Lipinski definition) is 7. The predicted octanol–water partition coefficient (Wildman–Crippen LogP) is 2.99. The Morgan fingerprint density at radius 1 is 1.06 bits per heavy atom. The second kappa shape index (κ2) is 9.48. The average molecular weight is 472 g/mol. The van der Waals surface area contributed by atoms with Crippen LogP contribution in [0.2, 0.25) is 0 Å². The summed E-state index contributed by atoms with van der Waals surface area (Å²) in [6.07, 6.45) is 3.87. The van der Waals surface area contributed by atoms with Crippen molar-refractivity contribution >= 4 is 23.0 Å². The molecule has 2 fully saturated rings. The van der Waals surface area contributed by atoms with Crippen molar-refractivity contribution in [2.45, 2.75) is 50.1 Å². The SMILES string of the molecule is N=C(c1ccc(N2C3CCC2CC(O)C3)cc1)c1cc(C(=O)NC(O)c2ccccn2)ccc1N. The standard InChI is InChI=1S/C27H29N5O3/c28-23-11-6-17(26(34)31-27(35)24-3-1-2-12-30-24)13-22(23)25(29)16-4-7-18(8-5-16)32-19-9-10-20(32)15-21(33)14-19/h1-8,11-13,19-21,27,29,33,35H,9-10,14-15,28H2,(H,31,34). The second-order valence-corrected chi connectivity index (χ2v) is 9.27. The van der Waals surface area contributed by atoms with E-state index >= 15 is 0 Å². The third-order valence-electron chi connectivity index (χ3n) is 6.98. The molecule has 6 N–H and O–H groups in total. The molecule has 0 saturated carbocycles. The molecule has 2 bridgehead atoms. The first-order chi connectivity index (χ1) is 16.9. The maximum atomic E-state index is 12.7. The molecular formula is C27H29N5O3. The highest BCUT2D eigenvalue weighted by Crippen LogP contribution is 2.39. The van der Waals surface area contributed by atoms with Crippen LogP contribution < -0.4 is 16.0 Å².